The molecule has 2 atom stereocenters. The fourth-order valence-corrected chi connectivity index (χ4v) is 4.09. The minimum atomic E-state index is -4.43. The molecule has 9 heteroatoms. The Kier molecular flexibility index (Phi) is 19.2. The lowest BCUT2D eigenvalue weighted by atomic mass is 10.0. The molecule has 0 heterocycles. The molecule has 0 aliphatic carbocycles. The van der Waals surface area contributed by atoms with Crippen LogP contribution in [0.3, 0.4) is 0 Å². The Balaban J connectivity index is 4.13. The van der Waals surface area contributed by atoms with Gasteiger partial charge in [0.25, 0.3) is 7.82 Å². The van der Waals surface area contributed by atoms with E-state index in [0.29, 0.717) is 24.0 Å². The lowest BCUT2D eigenvalue weighted by molar-refractivity contribution is -0.870. The molecule has 0 spiro atoms. The molecular formula is C24H51N2O6P. The second-order valence-electron chi connectivity index (χ2n) is 9.83. The largest absolute Gasteiger partial charge is 0.756 e. The number of unbranched alkanes of at least 4 members (excludes halogenated alkanes) is 11. The van der Waals surface area contributed by atoms with Crippen molar-refractivity contribution in [1.29, 1.82) is 0 Å². The van der Waals surface area contributed by atoms with Crippen LogP contribution in [0, 0.1) is 0 Å². The Bertz CT molecular complexity index is 528. The first-order valence-electron chi connectivity index (χ1n) is 12.9. The van der Waals surface area contributed by atoms with Crippen molar-refractivity contribution in [3.63, 3.8) is 0 Å². The molecule has 0 aromatic heterocycles. The van der Waals surface area contributed by atoms with Crippen molar-refractivity contribution in [3.8, 4) is 0 Å². The number of nitrogens with zero attached hydrogens (tertiary/aromatic N) is 1. The second kappa shape index (κ2) is 19.6. The first-order chi connectivity index (χ1) is 15.6. The van der Waals surface area contributed by atoms with Gasteiger partial charge in [0.05, 0.1) is 27.7 Å². The minimum Gasteiger partial charge on any atom is -0.756 e. The summed E-state index contributed by atoms with van der Waals surface area (Å²) in [5.41, 5.74) is 0. The zero-order valence-electron chi connectivity index (χ0n) is 21.9. The highest BCUT2D eigenvalue weighted by Gasteiger charge is 2.19. The number of carbonyl (C=O) groups is 1. The van der Waals surface area contributed by atoms with E-state index in [2.05, 4.69) is 12.2 Å². The van der Waals surface area contributed by atoms with E-state index in [1.54, 1.807) is 6.92 Å². The SMILES string of the molecule is CCCCCCCCCCCCCCC(COP(=O)([O-])OCC[N+](C)(C)C)OC(=O)NCC. The van der Waals surface area contributed by atoms with Crippen LogP contribution in [0.5, 0.6) is 0 Å². The maximum atomic E-state index is 12.0. The van der Waals surface area contributed by atoms with Gasteiger partial charge >= 0.3 is 6.09 Å². The zero-order valence-corrected chi connectivity index (χ0v) is 22.8. The first-order valence-corrected chi connectivity index (χ1v) is 14.4. The number of hydrogen-bond donors (Lipinski definition) is 1. The van der Waals surface area contributed by atoms with Crippen molar-refractivity contribution in [2.24, 2.45) is 0 Å². The van der Waals surface area contributed by atoms with Crippen LogP contribution < -0.4 is 10.2 Å². The van der Waals surface area contributed by atoms with Gasteiger partial charge in [-0.25, -0.2) is 4.79 Å². The third kappa shape index (κ3) is 22.9. The molecule has 8 nitrogen and oxygen atoms in total. The predicted molar refractivity (Wildman–Crippen MR) is 132 cm³/mol. The normalized spacial score (nSPS) is 14.6. The molecule has 33 heavy (non-hydrogen) atoms. The smallest absolute Gasteiger partial charge is 0.407 e. The van der Waals surface area contributed by atoms with Crippen LogP contribution in [0.2, 0.25) is 0 Å². The van der Waals surface area contributed by atoms with Crippen LogP contribution in [-0.2, 0) is 18.3 Å². The summed E-state index contributed by atoms with van der Waals surface area (Å²) in [5, 5.41) is 2.57. The van der Waals surface area contributed by atoms with Crippen molar-refractivity contribution in [1.82, 2.24) is 5.32 Å². The van der Waals surface area contributed by atoms with Gasteiger partial charge in [-0.3, -0.25) is 4.57 Å². The Labute approximate surface area is 202 Å². The van der Waals surface area contributed by atoms with Crippen LogP contribution in [0.1, 0.15) is 97.3 Å². The molecule has 0 aromatic rings. The number of phosphoric ester groups is 1. The quantitative estimate of drug-likeness (QED) is 0.123. The van der Waals surface area contributed by atoms with E-state index in [-0.39, 0.29) is 13.2 Å². The lowest BCUT2D eigenvalue weighted by Crippen LogP contribution is -2.37. The highest BCUT2D eigenvalue weighted by molar-refractivity contribution is 7.45. The van der Waals surface area contributed by atoms with Gasteiger partial charge in [0, 0.05) is 6.54 Å². The second-order valence-corrected chi connectivity index (χ2v) is 11.2. The number of phosphoric acid groups is 1. The van der Waals surface area contributed by atoms with Gasteiger partial charge in [-0.05, 0) is 19.8 Å². The molecule has 0 saturated heterocycles. The molecule has 198 valence electrons. The van der Waals surface area contributed by atoms with Gasteiger partial charge in [-0.15, -0.1) is 0 Å². The van der Waals surface area contributed by atoms with E-state index in [1.165, 1.54) is 57.8 Å². The number of hydrogen-bond acceptors (Lipinski definition) is 6. The van der Waals surface area contributed by atoms with Crippen LogP contribution >= 0.6 is 7.82 Å². The lowest BCUT2D eigenvalue weighted by Gasteiger charge is -2.28. The molecule has 0 bridgehead atoms. The molecule has 2 unspecified atom stereocenters. The van der Waals surface area contributed by atoms with Crippen molar-refractivity contribution >= 4 is 13.9 Å². The van der Waals surface area contributed by atoms with Crippen LogP contribution in [-0.4, -0.2) is 64.1 Å². The van der Waals surface area contributed by atoms with E-state index in [0.717, 1.165) is 19.3 Å². The molecule has 0 saturated carbocycles. The van der Waals surface area contributed by atoms with E-state index in [4.69, 9.17) is 13.8 Å². The maximum Gasteiger partial charge on any atom is 0.407 e. The third-order valence-corrected chi connectivity index (χ3v) is 6.37. The number of likely N-dealkylation sites (N-methyl/N-ethyl adjacent to an activating group) is 1. The fourth-order valence-electron chi connectivity index (χ4n) is 3.36. The Morgan fingerprint density at radius 2 is 1.39 bits per heavy atom. The van der Waals surface area contributed by atoms with Gasteiger partial charge in [-0.2, -0.15) is 0 Å². The number of quaternary nitrogens is 1. The predicted octanol–water partition coefficient (Wildman–Crippen LogP) is 5.40. The van der Waals surface area contributed by atoms with Crippen molar-refractivity contribution in [3.05, 3.63) is 0 Å². The molecular weight excluding hydrogens is 443 g/mol. The minimum absolute atomic E-state index is 0.0465. The Hall–Kier alpha value is -0.660. The van der Waals surface area contributed by atoms with Crippen molar-refractivity contribution in [2.75, 3.05) is 47.4 Å². The standard InChI is InChI=1S/C24H51N2O6P/c1-6-8-9-10-11-12-13-14-15-16-17-18-19-23(32-24(27)25-7-2)22-31-33(28,29)30-21-20-26(3,4)5/h23H,6-22H2,1-5H3,(H-,25,27,28,29). The molecule has 1 amide bonds. The summed E-state index contributed by atoms with van der Waals surface area (Å²) in [6.45, 7) is 4.84. The summed E-state index contributed by atoms with van der Waals surface area (Å²) >= 11 is 0. The molecule has 0 aliphatic heterocycles. The van der Waals surface area contributed by atoms with Crippen LogP contribution in [0.25, 0.3) is 0 Å². The molecule has 0 aromatic carbocycles. The molecule has 0 rings (SSSR count). The Morgan fingerprint density at radius 3 is 1.88 bits per heavy atom. The van der Waals surface area contributed by atoms with Gasteiger partial charge < -0.3 is 28.5 Å². The van der Waals surface area contributed by atoms with Crippen LogP contribution in [0.15, 0.2) is 0 Å². The first kappa shape index (κ1) is 32.3. The number of nitrogens with one attached hydrogen (secondary N) is 1. The highest BCUT2D eigenvalue weighted by atomic mass is 31.2. The number of ether oxygens (including phenoxy) is 1. The molecule has 1 N–H and O–H groups in total. The van der Waals surface area contributed by atoms with E-state index in [9.17, 15) is 14.3 Å². The van der Waals surface area contributed by atoms with Gasteiger partial charge in [0.2, 0.25) is 0 Å². The summed E-state index contributed by atoms with van der Waals surface area (Å²) in [7, 11) is 1.41. The summed E-state index contributed by atoms with van der Waals surface area (Å²) in [5.74, 6) is 0. The maximum absolute atomic E-state index is 12.0. The molecule has 0 aliphatic rings. The van der Waals surface area contributed by atoms with E-state index in [1.807, 2.05) is 21.1 Å². The average molecular weight is 495 g/mol. The summed E-state index contributed by atoms with van der Waals surface area (Å²) in [6.07, 6.45) is 14.2. The topological polar surface area (TPSA) is 96.9 Å². The fraction of sp³-hybridized carbons (Fsp3) is 0.958. The number of amides is 1. The van der Waals surface area contributed by atoms with Gasteiger partial charge in [0.15, 0.2) is 0 Å². The number of alkyl carbamates (subject to hydrolysis) is 1. The third-order valence-electron chi connectivity index (χ3n) is 5.40. The highest BCUT2D eigenvalue weighted by Crippen LogP contribution is 2.38. The summed E-state index contributed by atoms with van der Waals surface area (Å²) in [6, 6.07) is 0. The zero-order chi connectivity index (χ0) is 25.0. The Morgan fingerprint density at radius 1 is 0.879 bits per heavy atom. The molecule has 0 radical (unpaired) electrons. The van der Waals surface area contributed by atoms with Gasteiger partial charge in [-0.1, -0.05) is 77.6 Å². The van der Waals surface area contributed by atoms with E-state index >= 15 is 0 Å². The van der Waals surface area contributed by atoms with E-state index < -0.39 is 20.0 Å². The number of rotatable bonds is 22. The summed E-state index contributed by atoms with van der Waals surface area (Å²) < 4.78 is 27.9. The van der Waals surface area contributed by atoms with Gasteiger partial charge in [0.1, 0.15) is 19.3 Å². The van der Waals surface area contributed by atoms with Crippen LogP contribution in [0.4, 0.5) is 4.79 Å². The monoisotopic (exact) mass is 494 g/mol. The summed E-state index contributed by atoms with van der Waals surface area (Å²) in [4.78, 5) is 23.8. The van der Waals surface area contributed by atoms with Crippen molar-refractivity contribution in [2.45, 2.75) is 103 Å². The van der Waals surface area contributed by atoms with Crippen molar-refractivity contribution < 1.29 is 32.5 Å². The molecule has 0 fully saturated rings. The number of carbonyl (C=O) groups excluding carboxylic acids is 1. The average Bonchev–Trinajstić information content (AvgIpc) is 2.71.